The van der Waals surface area contributed by atoms with Gasteiger partial charge < -0.3 is 20.5 Å². The van der Waals surface area contributed by atoms with E-state index in [-0.39, 0.29) is 36.6 Å². The van der Waals surface area contributed by atoms with Gasteiger partial charge in [-0.25, -0.2) is 4.98 Å². The summed E-state index contributed by atoms with van der Waals surface area (Å²) in [5.74, 6) is 0.0319. The summed E-state index contributed by atoms with van der Waals surface area (Å²) in [6.07, 6.45) is 6.43. The molecule has 3 N–H and O–H groups in total. The van der Waals surface area contributed by atoms with Crippen LogP contribution in [-0.4, -0.2) is 51.9 Å². The van der Waals surface area contributed by atoms with E-state index in [1.807, 2.05) is 33.9 Å². The number of likely N-dealkylation sites (tertiary alicyclic amines) is 1. The summed E-state index contributed by atoms with van der Waals surface area (Å²) in [5.41, 5.74) is 8.01. The van der Waals surface area contributed by atoms with Gasteiger partial charge in [-0.3, -0.25) is 9.59 Å². The van der Waals surface area contributed by atoms with Crippen LogP contribution in [0.15, 0.2) is 42.9 Å². The third-order valence-electron chi connectivity index (χ3n) is 4.74. The molecule has 29 heavy (non-hydrogen) atoms. The molecule has 0 aliphatic carbocycles. The summed E-state index contributed by atoms with van der Waals surface area (Å²) in [6, 6.07) is 9.51. The van der Waals surface area contributed by atoms with Crippen LogP contribution in [0.3, 0.4) is 0 Å². The third-order valence-corrected chi connectivity index (χ3v) is 4.74. The summed E-state index contributed by atoms with van der Waals surface area (Å²) in [6.45, 7) is 2.79. The van der Waals surface area contributed by atoms with E-state index in [1.165, 1.54) is 5.56 Å². The Kier molecular flexibility index (Phi) is 10.7. The SMILES string of the molecule is Cl.Cl.N[C@@H](Cc1cn(Cc2ccccc2)cn1)C(=O)NCCCN1CCCC1=O. The minimum Gasteiger partial charge on any atom is -0.355 e. The number of aromatic nitrogens is 2. The summed E-state index contributed by atoms with van der Waals surface area (Å²) in [7, 11) is 0. The number of imidazole rings is 1. The lowest BCUT2D eigenvalue weighted by molar-refractivity contribution is -0.127. The molecule has 160 valence electrons. The minimum absolute atomic E-state index is 0. The Hall–Kier alpha value is -2.09. The molecule has 0 unspecified atom stereocenters. The van der Waals surface area contributed by atoms with Gasteiger partial charge in [0, 0.05) is 45.2 Å². The van der Waals surface area contributed by atoms with Crippen molar-refractivity contribution in [3.63, 3.8) is 0 Å². The maximum Gasteiger partial charge on any atom is 0.237 e. The smallest absolute Gasteiger partial charge is 0.237 e. The predicted molar refractivity (Wildman–Crippen MR) is 117 cm³/mol. The largest absolute Gasteiger partial charge is 0.355 e. The zero-order valence-electron chi connectivity index (χ0n) is 16.3. The second-order valence-corrected chi connectivity index (χ2v) is 6.96. The number of benzene rings is 1. The van der Waals surface area contributed by atoms with Crippen molar-refractivity contribution < 1.29 is 9.59 Å². The van der Waals surface area contributed by atoms with Gasteiger partial charge in [0.25, 0.3) is 0 Å². The van der Waals surface area contributed by atoms with Gasteiger partial charge in [0.05, 0.1) is 18.1 Å². The molecule has 3 rings (SSSR count). The maximum atomic E-state index is 12.2. The Bertz CT molecular complexity index is 769. The second kappa shape index (κ2) is 12.5. The molecule has 2 amide bonds. The van der Waals surface area contributed by atoms with E-state index in [0.29, 0.717) is 25.9 Å². The first-order chi connectivity index (χ1) is 13.1. The van der Waals surface area contributed by atoms with Crippen molar-refractivity contribution in [2.24, 2.45) is 5.73 Å². The monoisotopic (exact) mass is 441 g/mol. The molecular formula is C20H29Cl2N5O2. The highest BCUT2D eigenvalue weighted by molar-refractivity contribution is 5.85. The molecule has 0 saturated carbocycles. The van der Waals surface area contributed by atoms with E-state index in [2.05, 4.69) is 22.4 Å². The highest BCUT2D eigenvalue weighted by Crippen LogP contribution is 2.09. The second-order valence-electron chi connectivity index (χ2n) is 6.96. The van der Waals surface area contributed by atoms with Crippen LogP contribution in [0.25, 0.3) is 0 Å². The first kappa shape index (κ1) is 24.9. The molecule has 1 aliphatic rings. The van der Waals surface area contributed by atoms with Gasteiger partial charge in [0.1, 0.15) is 0 Å². The molecule has 0 radical (unpaired) electrons. The molecule has 0 bridgehead atoms. The van der Waals surface area contributed by atoms with Crippen molar-refractivity contribution >= 4 is 36.6 Å². The van der Waals surface area contributed by atoms with Crippen LogP contribution >= 0.6 is 24.8 Å². The van der Waals surface area contributed by atoms with E-state index in [1.54, 1.807) is 6.33 Å². The van der Waals surface area contributed by atoms with Crippen LogP contribution in [0, 0.1) is 0 Å². The lowest BCUT2D eigenvalue weighted by Crippen LogP contribution is -2.43. The highest BCUT2D eigenvalue weighted by atomic mass is 35.5. The standard InChI is InChI=1S/C20H27N5O2.2ClH/c21-18(20(27)22-9-5-11-25-10-4-8-19(25)26)12-17-14-24(15-23-17)13-16-6-2-1-3-7-16;;/h1-3,6-7,14-15,18H,4-5,8-13,21H2,(H,22,27);2*1H/t18-;;/m0../s1. The van der Waals surface area contributed by atoms with E-state index >= 15 is 0 Å². The number of nitrogens with zero attached hydrogens (tertiary/aromatic N) is 3. The van der Waals surface area contributed by atoms with Crippen LogP contribution in [0.2, 0.25) is 0 Å². The van der Waals surface area contributed by atoms with E-state index in [0.717, 1.165) is 31.6 Å². The maximum absolute atomic E-state index is 12.2. The number of rotatable bonds is 9. The van der Waals surface area contributed by atoms with Crippen LogP contribution in [-0.2, 0) is 22.6 Å². The number of halogens is 2. The van der Waals surface area contributed by atoms with Crippen molar-refractivity contribution in [2.45, 2.75) is 38.3 Å². The molecule has 7 nitrogen and oxygen atoms in total. The van der Waals surface area contributed by atoms with Crippen molar-refractivity contribution in [2.75, 3.05) is 19.6 Å². The Morgan fingerprint density at radius 3 is 2.69 bits per heavy atom. The number of nitrogens with two attached hydrogens (primary N) is 1. The van der Waals surface area contributed by atoms with Gasteiger partial charge >= 0.3 is 0 Å². The topological polar surface area (TPSA) is 93.2 Å². The predicted octanol–water partition coefficient (Wildman–Crippen LogP) is 1.77. The lowest BCUT2D eigenvalue weighted by atomic mass is 10.1. The zero-order chi connectivity index (χ0) is 19.1. The molecule has 2 heterocycles. The summed E-state index contributed by atoms with van der Waals surface area (Å²) >= 11 is 0. The number of carbonyl (C=O) groups excluding carboxylic acids is 2. The number of nitrogens with one attached hydrogen (secondary N) is 1. The van der Waals surface area contributed by atoms with Crippen LogP contribution in [0.1, 0.15) is 30.5 Å². The van der Waals surface area contributed by atoms with Gasteiger partial charge in [-0.1, -0.05) is 30.3 Å². The molecule has 1 atom stereocenters. The van der Waals surface area contributed by atoms with Crippen molar-refractivity contribution in [1.82, 2.24) is 19.8 Å². The van der Waals surface area contributed by atoms with Gasteiger partial charge in [-0.2, -0.15) is 0 Å². The zero-order valence-corrected chi connectivity index (χ0v) is 18.0. The first-order valence-electron chi connectivity index (χ1n) is 9.47. The van der Waals surface area contributed by atoms with Gasteiger partial charge in [0.2, 0.25) is 11.8 Å². The van der Waals surface area contributed by atoms with Crippen LogP contribution in [0.4, 0.5) is 0 Å². The molecule has 9 heteroatoms. The van der Waals surface area contributed by atoms with E-state index in [9.17, 15) is 9.59 Å². The van der Waals surface area contributed by atoms with Gasteiger partial charge in [0.15, 0.2) is 0 Å². The number of amides is 2. The average Bonchev–Trinajstić information content (AvgIpc) is 3.28. The Labute approximate surface area is 183 Å². The van der Waals surface area contributed by atoms with E-state index in [4.69, 9.17) is 5.73 Å². The number of hydrogen-bond donors (Lipinski definition) is 2. The average molecular weight is 442 g/mol. The quantitative estimate of drug-likeness (QED) is 0.579. The van der Waals surface area contributed by atoms with Crippen LogP contribution < -0.4 is 11.1 Å². The summed E-state index contributed by atoms with van der Waals surface area (Å²) < 4.78 is 1.99. The molecule has 1 aromatic carbocycles. The highest BCUT2D eigenvalue weighted by Gasteiger charge is 2.19. The van der Waals surface area contributed by atoms with Crippen LogP contribution in [0.5, 0.6) is 0 Å². The molecule has 1 fully saturated rings. The first-order valence-corrected chi connectivity index (χ1v) is 9.47. The Morgan fingerprint density at radius 2 is 2.00 bits per heavy atom. The van der Waals surface area contributed by atoms with Gasteiger partial charge in [-0.15, -0.1) is 24.8 Å². The third kappa shape index (κ3) is 7.68. The van der Waals surface area contributed by atoms with Crippen molar-refractivity contribution in [1.29, 1.82) is 0 Å². The lowest BCUT2D eigenvalue weighted by Gasteiger charge is -2.16. The summed E-state index contributed by atoms with van der Waals surface area (Å²) in [5, 5.41) is 2.85. The normalized spacial score (nSPS) is 14.1. The molecule has 1 aromatic heterocycles. The van der Waals surface area contributed by atoms with Crippen molar-refractivity contribution in [3.8, 4) is 0 Å². The molecule has 0 spiro atoms. The summed E-state index contributed by atoms with van der Waals surface area (Å²) in [4.78, 5) is 29.9. The molecule has 1 aliphatic heterocycles. The fourth-order valence-electron chi connectivity index (χ4n) is 3.26. The van der Waals surface area contributed by atoms with E-state index < -0.39 is 6.04 Å². The number of carbonyl (C=O) groups is 2. The number of hydrogen-bond acceptors (Lipinski definition) is 4. The minimum atomic E-state index is -0.626. The van der Waals surface area contributed by atoms with Crippen molar-refractivity contribution in [3.05, 3.63) is 54.1 Å². The van der Waals surface area contributed by atoms with Gasteiger partial charge in [-0.05, 0) is 18.4 Å². The molecule has 1 saturated heterocycles. The Balaban J connectivity index is 0.00000210. The Morgan fingerprint density at radius 1 is 1.24 bits per heavy atom. The molecule has 2 aromatic rings. The molecular weight excluding hydrogens is 413 g/mol. The fourth-order valence-corrected chi connectivity index (χ4v) is 3.26. The fraction of sp³-hybridized carbons (Fsp3) is 0.450.